The molecule has 2 heterocycles. The molecule has 5 heteroatoms. The number of rotatable bonds is 7. The summed E-state index contributed by atoms with van der Waals surface area (Å²) < 4.78 is 11.1. The van der Waals surface area contributed by atoms with Crippen LogP contribution in [-0.2, 0) is 17.8 Å². The van der Waals surface area contributed by atoms with Gasteiger partial charge in [0.05, 0.1) is 18.3 Å². The molecule has 0 aliphatic carbocycles. The van der Waals surface area contributed by atoms with Crippen molar-refractivity contribution in [2.75, 3.05) is 20.2 Å². The monoisotopic (exact) mass is 281 g/mol. The number of likely N-dealkylation sites (N-methyl/N-ethyl adjacent to an activating group) is 1. The lowest BCUT2D eigenvalue weighted by atomic mass is 10.1. The fourth-order valence-corrected chi connectivity index (χ4v) is 2.45. The molecule has 1 aromatic rings. The summed E-state index contributed by atoms with van der Waals surface area (Å²) in [6.07, 6.45) is 4.03. The Morgan fingerprint density at radius 3 is 3.00 bits per heavy atom. The Balaban J connectivity index is 1.74. The van der Waals surface area contributed by atoms with Gasteiger partial charge in [-0.15, -0.1) is 0 Å². The zero-order valence-electron chi connectivity index (χ0n) is 12.9. The van der Waals surface area contributed by atoms with E-state index in [2.05, 4.69) is 36.3 Å². The highest BCUT2D eigenvalue weighted by Crippen LogP contribution is 2.14. The Hall–Kier alpha value is -0.910. The van der Waals surface area contributed by atoms with Crippen LogP contribution in [0.2, 0.25) is 0 Å². The molecule has 1 N–H and O–H groups in total. The van der Waals surface area contributed by atoms with Crippen LogP contribution in [0.1, 0.15) is 44.6 Å². The van der Waals surface area contributed by atoms with Crippen LogP contribution in [0.15, 0.2) is 10.6 Å². The first-order valence-electron chi connectivity index (χ1n) is 7.61. The van der Waals surface area contributed by atoms with Crippen LogP contribution in [0.25, 0.3) is 0 Å². The third-order valence-corrected chi connectivity index (χ3v) is 3.51. The molecule has 0 bridgehead atoms. The molecule has 20 heavy (non-hydrogen) atoms. The Morgan fingerprint density at radius 2 is 2.30 bits per heavy atom. The van der Waals surface area contributed by atoms with Crippen LogP contribution in [0.4, 0.5) is 0 Å². The van der Waals surface area contributed by atoms with E-state index in [-0.39, 0.29) is 0 Å². The minimum Gasteiger partial charge on any atom is -0.377 e. The van der Waals surface area contributed by atoms with Crippen molar-refractivity contribution < 1.29 is 9.26 Å². The summed E-state index contributed by atoms with van der Waals surface area (Å²) in [5, 5.41) is 7.43. The average molecular weight is 281 g/mol. The van der Waals surface area contributed by atoms with Gasteiger partial charge in [-0.2, -0.15) is 0 Å². The third kappa shape index (κ3) is 5.23. The highest BCUT2D eigenvalue weighted by molar-refractivity contribution is 5.05. The minimum atomic E-state index is 0.374. The fourth-order valence-electron chi connectivity index (χ4n) is 2.45. The standard InChI is InChI=1S/C15H27N3O2/c1-12(2)16-9-13-8-15(20-17-13)11-18(3)10-14-6-4-5-7-19-14/h8,12,14,16H,4-7,9-11H2,1-3H3. The number of nitrogens with one attached hydrogen (secondary N) is 1. The van der Waals surface area contributed by atoms with E-state index in [1.165, 1.54) is 19.3 Å². The van der Waals surface area contributed by atoms with Crippen molar-refractivity contribution in [1.82, 2.24) is 15.4 Å². The minimum absolute atomic E-state index is 0.374. The zero-order chi connectivity index (χ0) is 14.4. The Morgan fingerprint density at radius 1 is 1.45 bits per heavy atom. The first-order chi connectivity index (χ1) is 9.63. The molecule has 1 saturated heterocycles. The Kier molecular flexibility index (Phi) is 6.01. The van der Waals surface area contributed by atoms with E-state index in [0.717, 1.165) is 37.7 Å². The first kappa shape index (κ1) is 15.5. The van der Waals surface area contributed by atoms with Crippen molar-refractivity contribution in [2.24, 2.45) is 0 Å². The van der Waals surface area contributed by atoms with Crippen molar-refractivity contribution in [3.05, 3.63) is 17.5 Å². The molecule has 0 radical (unpaired) electrons. The van der Waals surface area contributed by atoms with Gasteiger partial charge >= 0.3 is 0 Å². The van der Waals surface area contributed by atoms with Crippen LogP contribution in [-0.4, -0.2) is 42.4 Å². The molecule has 0 amide bonds. The number of nitrogens with zero attached hydrogens (tertiary/aromatic N) is 2. The lowest BCUT2D eigenvalue weighted by molar-refractivity contribution is -0.00360. The van der Waals surface area contributed by atoms with Crippen LogP contribution >= 0.6 is 0 Å². The zero-order valence-corrected chi connectivity index (χ0v) is 12.9. The van der Waals surface area contributed by atoms with Gasteiger partial charge in [0.1, 0.15) is 0 Å². The second kappa shape index (κ2) is 7.76. The quantitative estimate of drug-likeness (QED) is 0.830. The van der Waals surface area contributed by atoms with Crippen LogP contribution in [0, 0.1) is 0 Å². The van der Waals surface area contributed by atoms with Gasteiger partial charge in [-0.25, -0.2) is 0 Å². The van der Waals surface area contributed by atoms with Gasteiger partial charge in [-0.3, -0.25) is 4.90 Å². The summed E-state index contributed by atoms with van der Waals surface area (Å²) in [5.74, 6) is 0.920. The predicted octanol–water partition coefficient (Wildman–Crippen LogP) is 2.17. The lowest BCUT2D eigenvalue weighted by Crippen LogP contribution is -2.32. The predicted molar refractivity (Wildman–Crippen MR) is 78.4 cm³/mol. The van der Waals surface area contributed by atoms with Crippen LogP contribution in [0.3, 0.4) is 0 Å². The van der Waals surface area contributed by atoms with E-state index in [0.29, 0.717) is 12.1 Å². The molecule has 5 nitrogen and oxygen atoms in total. The summed E-state index contributed by atoms with van der Waals surface area (Å²) in [6, 6.07) is 2.49. The van der Waals surface area contributed by atoms with Gasteiger partial charge in [-0.05, 0) is 26.3 Å². The summed E-state index contributed by atoms with van der Waals surface area (Å²) in [6.45, 7) is 7.66. The summed E-state index contributed by atoms with van der Waals surface area (Å²) in [7, 11) is 2.10. The van der Waals surface area contributed by atoms with E-state index in [1.54, 1.807) is 0 Å². The Bertz CT molecular complexity index is 386. The van der Waals surface area contributed by atoms with E-state index in [9.17, 15) is 0 Å². The maximum Gasteiger partial charge on any atom is 0.151 e. The van der Waals surface area contributed by atoms with E-state index < -0.39 is 0 Å². The molecule has 1 unspecified atom stereocenters. The molecule has 2 rings (SSSR count). The highest BCUT2D eigenvalue weighted by Gasteiger charge is 2.17. The SMILES string of the molecule is CC(C)NCc1cc(CN(C)CC2CCCCO2)on1. The second-order valence-electron chi connectivity index (χ2n) is 6.01. The molecule has 0 aromatic carbocycles. The maximum absolute atomic E-state index is 5.76. The number of hydrogen-bond acceptors (Lipinski definition) is 5. The average Bonchev–Trinajstić information content (AvgIpc) is 2.85. The van der Waals surface area contributed by atoms with E-state index in [4.69, 9.17) is 9.26 Å². The molecular weight excluding hydrogens is 254 g/mol. The van der Waals surface area contributed by atoms with Crippen molar-refractivity contribution in [1.29, 1.82) is 0 Å². The lowest BCUT2D eigenvalue weighted by Gasteiger charge is -2.26. The largest absolute Gasteiger partial charge is 0.377 e. The maximum atomic E-state index is 5.76. The van der Waals surface area contributed by atoms with Crippen LogP contribution in [0.5, 0.6) is 0 Å². The normalized spacial score (nSPS) is 19.9. The van der Waals surface area contributed by atoms with Gasteiger partial charge in [0, 0.05) is 31.8 Å². The molecule has 114 valence electrons. The molecule has 1 fully saturated rings. The van der Waals surface area contributed by atoms with E-state index in [1.807, 2.05) is 6.07 Å². The molecule has 0 saturated carbocycles. The third-order valence-electron chi connectivity index (χ3n) is 3.51. The van der Waals surface area contributed by atoms with Crippen molar-refractivity contribution in [2.45, 2.75) is 58.3 Å². The number of hydrogen-bond donors (Lipinski definition) is 1. The molecule has 1 aliphatic rings. The fraction of sp³-hybridized carbons (Fsp3) is 0.800. The molecule has 1 aromatic heterocycles. The van der Waals surface area contributed by atoms with Gasteiger partial charge in [0.15, 0.2) is 5.76 Å². The second-order valence-corrected chi connectivity index (χ2v) is 6.01. The van der Waals surface area contributed by atoms with Gasteiger partial charge in [0.25, 0.3) is 0 Å². The first-order valence-corrected chi connectivity index (χ1v) is 7.61. The van der Waals surface area contributed by atoms with Gasteiger partial charge in [-0.1, -0.05) is 19.0 Å². The van der Waals surface area contributed by atoms with Gasteiger partial charge < -0.3 is 14.6 Å². The Labute approximate surface area is 121 Å². The smallest absolute Gasteiger partial charge is 0.151 e. The highest BCUT2D eigenvalue weighted by atomic mass is 16.5. The van der Waals surface area contributed by atoms with Crippen molar-refractivity contribution in [3.63, 3.8) is 0 Å². The molecule has 1 atom stereocenters. The van der Waals surface area contributed by atoms with E-state index >= 15 is 0 Å². The number of ether oxygens (including phenoxy) is 1. The van der Waals surface area contributed by atoms with Gasteiger partial charge in [0.2, 0.25) is 0 Å². The summed E-state index contributed by atoms with van der Waals surface area (Å²) in [4.78, 5) is 2.25. The molecule has 0 spiro atoms. The molecular formula is C15H27N3O2. The number of aromatic nitrogens is 1. The molecule has 1 aliphatic heterocycles. The van der Waals surface area contributed by atoms with Crippen molar-refractivity contribution in [3.8, 4) is 0 Å². The topological polar surface area (TPSA) is 50.5 Å². The summed E-state index contributed by atoms with van der Waals surface area (Å²) in [5.41, 5.74) is 0.969. The van der Waals surface area contributed by atoms with Crippen molar-refractivity contribution >= 4 is 0 Å². The van der Waals surface area contributed by atoms with Crippen LogP contribution < -0.4 is 5.32 Å². The summed E-state index contributed by atoms with van der Waals surface area (Å²) >= 11 is 0.